The lowest BCUT2D eigenvalue weighted by atomic mass is 9.44. The zero-order chi connectivity index (χ0) is 37.3. The highest BCUT2D eigenvalue weighted by atomic mass is 16.6. The molecule has 274 valence electrons. The van der Waals surface area contributed by atoms with Crippen molar-refractivity contribution in [3.05, 3.63) is 82.9 Å². The normalized spacial score (nSPS) is 36.5. The van der Waals surface area contributed by atoms with Gasteiger partial charge >= 0.3 is 17.9 Å². The summed E-state index contributed by atoms with van der Waals surface area (Å²) in [4.78, 5) is 55.1. The van der Waals surface area contributed by atoms with Crippen molar-refractivity contribution < 1.29 is 58.6 Å². The molecule has 6 rings (SSSR count). The second kappa shape index (κ2) is 12.9. The van der Waals surface area contributed by atoms with Gasteiger partial charge in [0.1, 0.15) is 30.0 Å². The first-order valence-corrected chi connectivity index (χ1v) is 17.3. The van der Waals surface area contributed by atoms with Crippen LogP contribution in [0, 0.1) is 16.7 Å². The van der Waals surface area contributed by atoms with Crippen LogP contribution in [0.3, 0.4) is 0 Å². The molecule has 0 unspecified atom stereocenters. The van der Waals surface area contributed by atoms with Gasteiger partial charge in [0.15, 0.2) is 17.5 Å². The molecule has 1 saturated heterocycles. The Balaban J connectivity index is 1.53. The van der Waals surface area contributed by atoms with Crippen LogP contribution in [0.4, 0.5) is 0 Å². The first kappa shape index (κ1) is 36.8. The van der Waals surface area contributed by atoms with Crippen LogP contribution in [-0.4, -0.2) is 98.6 Å². The standard InChI is InChI=1S/C39H46O12/c1-20(23-13-9-7-10-14-23)29(42)35(46)49-25-18-39(47)33(50-34(45)24-15-11-8-12-16-24)31-37(6,32(44)30(43)28(21(25)2)36(39,4)5)26(41)17-27-38(31,19-48-27)51-22(3)40/h7-16,20,25-27,29-31,33,41-43,47H,17-19H2,1-6H3/t20-,25-,26-,27+,29+,30+,31-,33-,37+,38-,39-/m0/s1. The maximum Gasteiger partial charge on any atom is 0.338 e. The summed E-state index contributed by atoms with van der Waals surface area (Å²) in [6.07, 6.45) is -9.53. The van der Waals surface area contributed by atoms with Gasteiger partial charge in [-0.3, -0.25) is 9.59 Å². The van der Waals surface area contributed by atoms with Crippen molar-refractivity contribution in [2.24, 2.45) is 16.7 Å². The minimum atomic E-state index is -2.24. The summed E-state index contributed by atoms with van der Waals surface area (Å²) in [5.41, 5.74) is -6.32. The molecule has 3 aliphatic carbocycles. The highest BCUT2D eigenvalue weighted by Gasteiger charge is 2.78. The largest absolute Gasteiger partial charge is 0.456 e. The Hall–Kier alpha value is -3.94. The van der Waals surface area contributed by atoms with E-state index in [1.807, 2.05) is 0 Å². The summed E-state index contributed by atoms with van der Waals surface area (Å²) >= 11 is 0. The van der Waals surface area contributed by atoms with E-state index in [0.29, 0.717) is 5.56 Å². The number of aliphatic hydroxyl groups excluding tert-OH is 3. The minimum Gasteiger partial charge on any atom is -0.456 e. The Labute approximate surface area is 296 Å². The molecular formula is C39H46O12. The van der Waals surface area contributed by atoms with Crippen LogP contribution in [-0.2, 0) is 33.3 Å². The number of ketones is 1. The lowest BCUT2D eigenvalue weighted by molar-refractivity contribution is -0.346. The summed E-state index contributed by atoms with van der Waals surface area (Å²) < 4.78 is 24.0. The second-order valence-corrected chi connectivity index (χ2v) is 15.2. The zero-order valence-electron chi connectivity index (χ0n) is 29.6. The fourth-order valence-corrected chi connectivity index (χ4v) is 9.13. The van der Waals surface area contributed by atoms with E-state index in [2.05, 4.69) is 0 Å². The molecule has 0 radical (unpaired) electrons. The first-order valence-electron chi connectivity index (χ1n) is 17.3. The van der Waals surface area contributed by atoms with Crippen molar-refractivity contribution in [2.75, 3.05) is 6.61 Å². The lowest BCUT2D eigenvalue weighted by Crippen LogP contribution is -2.81. The summed E-state index contributed by atoms with van der Waals surface area (Å²) in [5.74, 6) is -5.58. The molecule has 12 heteroatoms. The van der Waals surface area contributed by atoms with Gasteiger partial charge in [0, 0.05) is 31.1 Å². The lowest BCUT2D eigenvalue weighted by Gasteiger charge is -2.67. The molecular weight excluding hydrogens is 660 g/mol. The highest BCUT2D eigenvalue weighted by molar-refractivity contribution is 5.94. The van der Waals surface area contributed by atoms with Gasteiger partial charge in [-0.05, 0) is 42.7 Å². The molecule has 2 saturated carbocycles. The van der Waals surface area contributed by atoms with Gasteiger partial charge < -0.3 is 39.4 Å². The number of ether oxygens (including phenoxy) is 4. The van der Waals surface area contributed by atoms with Crippen molar-refractivity contribution in [1.82, 2.24) is 0 Å². The topological polar surface area (TPSA) is 186 Å². The quantitative estimate of drug-likeness (QED) is 0.188. The van der Waals surface area contributed by atoms with Gasteiger partial charge in [-0.1, -0.05) is 69.3 Å². The average Bonchev–Trinajstić information content (AvgIpc) is 3.09. The number of esters is 3. The van der Waals surface area contributed by atoms with E-state index >= 15 is 0 Å². The van der Waals surface area contributed by atoms with Gasteiger partial charge in [-0.2, -0.15) is 0 Å². The third-order valence-corrected chi connectivity index (χ3v) is 12.2. The number of hydrogen-bond acceptors (Lipinski definition) is 12. The number of aliphatic hydroxyl groups is 4. The van der Waals surface area contributed by atoms with E-state index in [-0.39, 0.29) is 29.7 Å². The molecule has 51 heavy (non-hydrogen) atoms. The highest BCUT2D eigenvalue weighted by Crippen LogP contribution is 2.64. The van der Waals surface area contributed by atoms with E-state index < -0.39 is 101 Å². The van der Waals surface area contributed by atoms with E-state index in [0.717, 1.165) is 0 Å². The van der Waals surface area contributed by atoms with Crippen LogP contribution in [0.2, 0.25) is 0 Å². The molecule has 1 aliphatic heterocycles. The molecule has 2 aromatic rings. The van der Waals surface area contributed by atoms with Gasteiger partial charge in [0.25, 0.3) is 0 Å². The van der Waals surface area contributed by atoms with Crippen LogP contribution in [0.15, 0.2) is 71.8 Å². The number of carbonyl (C=O) groups is 4. The molecule has 3 fully saturated rings. The van der Waals surface area contributed by atoms with Crippen molar-refractivity contribution >= 4 is 23.7 Å². The van der Waals surface area contributed by atoms with E-state index in [4.69, 9.17) is 18.9 Å². The average molecular weight is 707 g/mol. The first-order chi connectivity index (χ1) is 23.9. The number of hydrogen-bond donors (Lipinski definition) is 4. The van der Waals surface area contributed by atoms with Crippen LogP contribution < -0.4 is 0 Å². The van der Waals surface area contributed by atoms with Crippen LogP contribution in [0.5, 0.6) is 0 Å². The molecule has 0 aromatic heterocycles. The third-order valence-electron chi connectivity index (χ3n) is 12.2. The van der Waals surface area contributed by atoms with Crippen molar-refractivity contribution in [2.45, 2.75) is 108 Å². The van der Waals surface area contributed by atoms with Gasteiger partial charge in [0.05, 0.1) is 29.6 Å². The van der Waals surface area contributed by atoms with Gasteiger partial charge in [0.2, 0.25) is 0 Å². The Kier molecular flexibility index (Phi) is 9.34. The zero-order valence-corrected chi connectivity index (χ0v) is 29.6. The smallest absolute Gasteiger partial charge is 0.338 e. The maximum absolute atomic E-state index is 14.8. The van der Waals surface area contributed by atoms with Gasteiger partial charge in [-0.25, -0.2) is 9.59 Å². The summed E-state index contributed by atoms with van der Waals surface area (Å²) in [5, 5.41) is 48.2. The number of benzene rings is 2. The van der Waals surface area contributed by atoms with E-state index in [9.17, 15) is 39.6 Å². The Morgan fingerprint density at radius 2 is 1.57 bits per heavy atom. The van der Waals surface area contributed by atoms with E-state index in [1.54, 1.807) is 76.2 Å². The SMILES string of the molecule is CC(=O)O[C@@]12CO[C@@H]1C[C@H](O)[C@@]1(C)C(=O)[C@H](O)C3=C(C)[C@@H](OC(=O)[C@H](O)[C@@H](C)c4ccccc4)C[C@](O)([C@@H](OC(=O)c4ccccc4)[C@H]21)C3(C)C. The molecule has 11 atom stereocenters. The minimum absolute atomic E-state index is 0.0193. The molecule has 0 spiro atoms. The molecule has 4 aliphatic rings. The molecule has 4 N–H and O–H groups in total. The monoisotopic (exact) mass is 706 g/mol. The predicted octanol–water partition coefficient (Wildman–Crippen LogP) is 2.80. The fraction of sp³-hybridized carbons (Fsp3) is 0.538. The summed E-state index contributed by atoms with van der Waals surface area (Å²) in [6, 6.07) is 16.9. The molecule has 2 aromatic carbocycles. The molecule has 2 bridgehead atoms. The molecule has 0 amide bonds. The number of fused-ring (bicyclic) bond motifs is 5. The Morgan fingerprint density at radius 3 is 2.14 bits per heavy atom. The van der Waals surface area contributed by atoms with Crippen molar-refractivity contribution in [3.8, 4) is 0 Å². The Morgan fingerprint density at radius 1 is 0.961 bits per heavy atom. The second-order valence-electron chi connectivity index (χ2n) is 15.2. The number of carbonyl (C=O) groups excluding carboxylic acids is 4. The third kappa shape index (κ3) is 5.54. The van der Waals surface area contributed by atoms with Gasteiger partial charge in [-0.15, -0.1) is 0 Å². The fourth-order valence-electron chi connectivity index (χ4n) is 9.13. The number of rotatable bonds is 7. The molecule has 1 heterocycles. The van der Waals surface area contributed by atoms with Crippen LogP contribution in [0.1, 0.15) is 76.2 Å². The summed E-state index contributed by atoms with van der Waals surface area (Å²) in [7, 11) is 0. The van der Waals surface area contributed by atoms with E-state index in [1.165, 1.54) is 26.0 Å². The maximum atomic E-state index is 14.8. The number of Topliss-reactive ketones (excluding diaryl/α,β-unsaturated/α-hetero) is 1. The van der Waals surface area contributed by atoms with Crippen molar-refractivity contribution in [3.63, 3.8) is 0 Å². The molecule has 12 nitrogen and oxygen atoms in total. The van der Waals surface area contributed by atoms with Crippen molar-refractivity contribution in [1.29, 1.82) is 0 Å². The van der Waals surface area contributed by atoms with Crippen LogP contribution in [0.25, 0.3) is 0 Å². The van der Waals surface area contributed by atoms with Crippen LogP contribution >= 0.6 is 0 Å². The Bertz CT molecular complexity index is 1740. The predicted molar refractivity (Wildman–Crippen MR) is 180 cm³/mol. The summed E-state index contributed by atoms with van der Waals surface area (Å²) in [6.45, 7) is 8.76.